The van der Waals surface area contributed by atoms with Crippen LogP contribution in [0.4, 0.5) is 5.69 Å². The smallest absolute Gasteiger partial charge is 0.121 e. The molecule has 1 aromatic carbocycles. The molecule has 0 radical (unpaired) electrons. The van der Waals surface area contributed by atoms with E-state index in [9.17, 15) is 0 Å². The molecule has 6 heteroatoms. The molecule has 0 fully saturated rings. The molecule has 1 N–H and O–H groups in total. The van der Waals surface area contributed by atoms with E-state index in [2.05, 4.69) is 42.0 Å². The highest BCUT2D eigenvalue weighted by Crippen LogP contribution is 2.27. The quantitative estimate of drug-likeness (QED) is 0.481. The van der Waals surface area contributed by atoms with Crippen LogP contribution in [-0.4, -0.2) is 43.2 Å². The van der Waals surface area contributed by atoms with E-state index in [0.717, 1.165) is 47.8 Å². The molecule has 1 aromatic heterocycles. The maximum Gasteiger partial charge on any atom is 0.121 e. The van der Waals surface area contributed by atoms with Crippen molar-refractivity contribution in [2.45, 2.75) is 40.0 Å². The van der Waals surface area contributed by atoms with Gasteiger partial charge in [-0.05, 0) is 44.0 Å². The Morgan fingerprint density at radius 2 is 1.89 bits per heavy atom. The number of rotatable bonds is 11. The molecular formula is C21H35Cl2N3O. The minimum atomic E-state index is 0. The van der Waals surface area contributed by atoms with Crippen LogP contribution in [0.2, 0.25) is 0 Å². The minimum absolute atomic E-state index is 0. The van der Waals surface area contributed by atoms with E-state index in [0.29, 0.717) is 0 Å². The fraction of sp³-hybridized carbons (Fsp3) is 0.571. The lowest BCUT2D eigenvalue weighted by Gasteiger charge is -2.24. The highest BCUT2D eigenvalue weighted by atomic mass is 35.5. The van der Waals surface area contributed by atoms with Crippen molar-refractivity contribution in [2.75, 3.05) is 38.6 Å². The van der Waals surface area contributed by atoms with Gasteiger partial charge in [-0.25, -0.2) is 0 Å². The first-order valence-corrected chi connectivity index (χ1v) is 9.53. The molecule has 0 atom stereocenters. The van der Waals surface area contributed by atoms with Gasteiger partial charge in [-0.1, -0.05) is 33.3 Å². The Hall–Kier alpha value is -1.23. The number of unbranched alkanes of at least 4 members (excludes halogenated alkanes) is 1. The number of hydrogen-bond donors (Lipinski definition) is 1. The number of pyridine rings is 1. The summed E-state index contributed by atoms with van der Waals surface area (Å²) in [6.45, 7) is 11.3. The summed E-state index contributed by atoms with van der Waals surface area (Å²) >= 11 is 0. The summed E-state index contributed by atoms with van der Waals surface area (Å²) in [6, 6.07) is 8.11. The first-order chi connectivity index (χ1) is 12.1. The lowest BCUT2D eigenvalue weighted by atomic mass is 10.1. The van der Waals surface area contributed by atoms with Crippen LogP contribution in [0.5, 0.6) is 5.75 Å². The molecule has 4 nitrogen and oxygen atoms in total. The number of fused-ring (bicyclic) bond motifs is 1. The van der Waals surface area contributed by atoms with Gasteiger partial charge in [0.15, 0.2) is 0 Å². The fourth-order valence-corrected chi connectivity index (χ4v) is 3.14. The molecule has 0 saturated heterocycles. The van der Waals surface area contributed by atoms with Gasteiger partial charge in [0.2, 0.25) is 0 Å². The van der Waals surface area contributed by atoms with Crippen molar-refractivity contribution in [1.29, 1.82) is 0 Å². The Balaban J connectivity index is 0.00000338. The van der Waals surface area contributed by atoms with Crippen LogP contribution in [0.3, 0.4) is 0 Å². The van der Waals surface area contributed by atoms with Gasteiger partial charge in [-0.2, -0.15) is 0 Å². The van der Waals surface area contributed by atoms with Crippen LogP contribution in [0.25, 0.3) is 10.9 Å². The van der Waals surface area contributed by atoms with Crippen molar-refractivity contribution in [1.82, 2.24) is 9.88 Å². The van der Waals surface area contributed by atoms with Gasteiger partial charge in [0, 0.05) is 30.7 Å². The van der Waals surface area contributed by atoms with E-state index in [1.54, 1.807) is 7.11 Å². The first-order valence-electron chi connectivity index (χ1n) is 9.53. The number of halogens is 2. The summed E-state index contributed by atoms with van der Waals surface area (Å²) in [4.78, 5) is 7.12. The molecule has 1 heterocycles. The standard InChI is InChI=1S/C21H33N3O.2ClH/c1-5-6-12-24(16-17(2)3)13-8-11-22-20-15-19(25-4)14-18-9-7-10-23-21(18)20;;/h7,9-10,14-15,17,22H,5-6,8,11-13,16H2,1-4H3;2*1H. The van der Waals surface area contributed by atoms with E-state index in [4.69, 9.17) is 4.74 Å². The van der Waals surface area contributed by atoms with E-state index in [1.165, 1.54) is 25.9 Å². The van der Waals surface area contributed by atoms with E-state index >= 15 is 0 Å². The van der Waals surface area contributed by atoms with Gasteiger partial charge >= 0.3 is 0 Å². The molecule has 2 rings (SSSR count). The summed E-state index contributed by atoms with van der Waals surface area (Å²) < 4.78 is 5.42. The fourth-order valence-electron chi connectivity index (χ4n) is 3.14. The number of hydrogen-bond acceptors (Lipinski definition) is 4. The van der Waals surface area contributed by atoms with Gasteiger partial charge in [0.1, 0.15) is 5.75 Å². The Kier molecular flexibility index (Phi) is 13.2. The molecule has 0 aliphatic carbocycles. The van der Waals surface area contributed by atoms with Gasteiger partial charge in [-0.3, -0.25) is 4.98 Å². The molecule has 0 amide bonds. The molecule has 0 spiro atoms. The summed E-state index contributed by atoms with van der Waals surface area (Å²) in [6.07, 6.45) is 5.51. The zero-order chi connectivity index (χ0) is 18.1. The van der Waals surface area contributed by atoms with Gasteiger partial charge in [0.05, 0.1) is 18.3 Å². The molecule has 0 bridgehead atoms. The van der Waals surface area contributed by atoms with Gasteiger partial charge < -0.3 is 15.0 Å². The van der Waals surface area contributed by atoms with Crippen LogP contribution in [-0.2, 0) is 0 Å². The Bertz CT molecular complexity index is 652. The maximum absolute atomic E-state index is 5.42. The minimum Gasteiger partial charge on any atom is -0.497 e. The van der Waals surface area contributed by atoms with Crippen LogP contribution in [0, 0.1) is 5.92 Å². The number of aromatic nitrogens is 1. The van der Waals surface area contributed by atoms with Crippen molar-refractivity contribution < 1.29 is 4.74 Å². The predicted molar refractivity (Wildman–Crippen MR) is 122 cm³/mol. The number of nitrogens with zero attached hydrogens (tertiary/aromatic N) is 2. The van der Waals surface area contributed by atoms with Gasteiger partial charge in [0.25, 0.3) is 0 Å². The van der Waals surface area contributed by atoms with E-state index in [1.807, 2.05) is 24.4 Å². The van der Waals surface area contributed by atoms with Crippen molar-refractivity contribution in [2.24, 2.45) is 5.92 Å². The Morgan fingerprint density at radius 1 is 1.15 bits per heavy atom. The van der Waals surface area contributed by atoms with Crippen molar-refractivity contribution in [3.8, 4) is 5.75 Å². The number of methoxy groups -OCH3 is 1. The number of benzene rings is 1. The maximum atomic E-state index is 5.42. The van der Waals surface area contributed by atoms with Crippen molar-refractivity contribution in [3.63, 3.8) is 0 Å². The molecule has 154 valence electrons. The highest BCUT2D eigenvalue weighted by Gasteiger charge is 2.08. The summed E-state index contributed by atoms with van der Waals surface area (Å²) in [5.74, 6) is 1.59. The Morgan fingerprint density at radius 3 is 2.56 bits per heavy atom. The number of anilines is 1. The van der Waals surface area contributed by atoms with Crippen molar-refractivity contribution in [3.05, 3.63) is 30.5 Å². The van der Waals surface area contributed by atoms with E-state index in [-0.39, 0.29) is 24.8 Å². The number of nitrogens with one attached hydrogen (secondary N) is 1. The normalized spacial score (nSPS) is 10.6. The predicted octanol–water partition coefficient (Wildman–Crippen LogP) is 5.65. The van der Waals surface area contributed by atoms with Crippen LogP contribution < -0.4 is 10.1 Å². The molecule has 2 aromatic rings. The zero-order valence-electron chi connectivity index (χ0n) is 17.0. The number of ether oxygens (including phenoxy) is 1. The highest BCUT2D eigenvalue weighted by molar-refractivity contribution is 5.91. The molecule has 0 aliphatic heterocycles. The lowest BCUT2D eigenvalue weighted by molar-refractivity contribution is 0.240. The lowest BCUT2D eigenvalue weighted by Crippen LogP contribution is -2.30. The monoisotopic (exact) mass is 415 g/mol. The molecule has 0 aliphatic rings. The largest absolute Gasteiger partial charge is 0.497 e. The van der Waals surface area contributed by atoms with Crippen LogP contribution in [0.1, 0.15) is 40.0 Å². The van der Waals surface area contributed by atoms with Crippen molar-refractivity contribution >= 4 is 41.4 Å². The second kappa shape index (κ2) is 13.9. The third-order valence-electron chi connectivity index (χ3n) is 4.33. The third-order valence-corrected chi connectivity index (χ3v) is 4.33. The third kappa shape index (κ3) is 8.54. The molecule has 27 heavy (non-hydrogen) atoms. The van der Waals surface area contributed by atoms with E-state index < -0.39 is 0 Å². The average molecular weight is 416 g/mol. The average Bonchev–Trinajstić information content (AvgIpc) is 2.62. The second-order valence-corrected chi connectivity index (χ2v) is 7.08. The Labute approximate surface area is 176 Å². The summed E-state index contributed by atoms with van der Waals surface area (Å²) in [5, 5.41) is 4.66. The molecular weight excluding hydrogens is 381 g/mol. The van der Waals surface area contributed by atoms with Gasteiger partial charge in [-0.15, -0.1) is 24.8 Å². The first kappa shape index (κ1) is 25.8. The van der Waals surface area contributed by atoms with Crippen LogP contribution in [0.15, 0.2) is 30.5 Å². The second-order valence-electron chi connectivity index (χ2n) is 7.08. The van der Waals surface area contributed by atoms with Crippen LogP contribution >= 0.6 is 24.8 Å². The summed E-state index contributed by atoms with van der Waals surface area (Å²) in [7, 11) is 1.71. The topological polar surface area (TPSA) is 37.4 Å². The molecule has 0 unspecified atom stereocenters. The molecule has 0 saturated carbocycles. The summed E-state index contributed by atoms with van der Waals surface area (Å²) in [5.41, 5.74) is 2.06. The zero-order valence-corrected chi connectivity index (χ0v) is 18.7. The SMILES string of the molecule is CCCCN(CCCNc1cc(OC)cc2cccnc12)CC(C)C.Cl.Cl.